The lowest BCUT2D eigenvalue weighted by Crippen LogP contribution is -2.30. The Balaban J connectivity index is 2.01. The van der Waals surface area contributed by atoms with E-state index in [0.29, 0.717) is 11.0 Å². The molecule has 0 bridgehead atoms. The van der Waals surface area contributed by atoms with E-state index in [4.69, 9.17) is 0 Å². The predicted octanol–water partition coefficient (Wildman–Crippen LogP) is 3.38. The molecule has 1 atom stereocenters. The Morgan fingerprint density at radius 2 is 1.78 bits per heavy atom. The molecule has 5 nitrogen and oxygen atoms in total. The van der Waals surface area contributed by atoms with Crippen LogP contribution in [0.4, 0.5) is 0 Å². The summed E-state index contributed by atoms with van der Waals surface area (Å²) in [5.74, 6) is 0. The highest BCUT2D eigenvalue weighted by Gasteiger charge is 2.28. The van der Waals surface area contributed by atoms with Crippen LogP contribution in [0.1, 0.15) is 24.1 Å². The number of rotatable bonds is 4. The van der Waals surface area contributed by atoms with Gasteiger partial charge < -0.3 is 0 Å². The van der Waals surface area contributed by atoms with Crippen LogP contribution in [0, 0.1) is 6.92 Å². The molecule has 0 saturated carbocycles. The summed E-state index contributed by atoms with van der Waals surface area (Å²) in [7, 11) is -2.06. The highest BCUT2D eigenvalue weighted by Crippen LogP contribution is 2.29. The smallest absolute Gasteiger partial charge is 0.207 e. The summed E-state index contributed by atoms with van der Waals surface area (Å²) in [6, 6.07) is 12.6. The molecular weight excluding hydrogens is 330 g/mol. The van der Waals surface area contributed by atoms with Gasteiger partial charge in [0.15, 0.2) is 0 Å². The van der Waals surface area contributed by atoms with Gasteiger partial charge in [0, 0.05) is 13.1 Å². The summed E-state index contributed by atoms with van der Waals surface area (Å²) in [5.41, 5.74) is 3.13. The minimum Gasteiger partial charge on any atom is -0.207 e. The van der Waals surface area contributed by atoms with Crippen LogP contribution >= 0.6 is 11.7 Å². The second kappa shape index (κ2) is 5.99. The number of benzene rings is 2. The van der Waals surface area contributed by atoms with Crippen molar-refractivity contribution >= 4 is 32.8 Å². The van der Waals surface area contributed by atoms with Gasteiger partial charge in [-0.15, -0.1) is 0 Å². The number of hydrogen-bond acceptors (Lipinski definition) is 5. The number of hydrogen-bond donors (Lipinski definition) is 0. The Labute approximate surface area is 140 Å². The average Bonchev–Trinajstić information content (AvgIpc) is 3.02. The normalized spacial score (nSPS) is 13.6. The molecule has 0 spiro atoms. The molecule has 0 aliphatic rings. The van der Waals surface area contributed by atoms with Gasteiger partial charge in [-0.05, 0) is 31.5 Å². The van der Waals surface area contributed by atoms with Gasteiger partial charge in [-0.3, -0.25) is 0 Å². The second-order valence-electron chi connectivity index (χ2n) is 5.50. The van der Waals surface area contributed by atoms with Crippen molar-refractivity contribution < 1.29 is 8.42 Å². The third-order valence-corrected chi connectivity index (χ3v) is 6.51. The third kappa shape index (κ3) is 2.87. The number of sulfonamides is 1. The third-order valence-electron chi connectivity index (χ3n) is 4.01. The summed E-state index contributed by atoms with van der Waals surface area (Å²) in [4.78, 5) is 0.199. The van der Waals surface area contributed by atoms with Crippen molar-refractivity contribution in [3.05, 3.63) is 53.6 Å². The molecule has 1 heterocycles. The number of aryl methyl sites for hydroxylation is 1. The Hall–Kier alpha value is -1.83. The SMILES string of the molecule is Cc1ccc(C(C)N(C)S(=O)(=O)c2cccc3nsnc23)cc1. The first-order valence-corrected chi connectivity index (χ1v) is 9.34. The zero-order chi connectivity index (χ0) is 16.6. The fraction of sp³-hybridized carbons (Fsp3) is 0.250. The van der Waals surface area contributed by atoms with Crippen LogP contribution in [0.2, 0.25) is 0 Å². The highest BCUT2D eigenvalue weighted by molar-refractivity contribution is 7.89. The van der Waals surface area contributed by atoms with E-state index in [0.717, 1.165) is 22.9 Å². The van der Waals surface area contributed by atoms with Crippen molar-refractivity contribution in [1.29, 1.82) is 0 Å². The van der Waals surface area contributed by atoms with Gasteiger partial charge in [0.2, 0.25) is 10.0 Å². The van der Waals surface area contributed by atoms with Crippen LogP contribution < -0.4 is 0 Å². The van der Waals surface area contributed by atoms with Crippen LogP contribution in [-0.2, 0) is 10.0 Å². The molecule has 2 aromatic carbocycles. The average molecular weight is 347 g/mol. The molecule has 7 heteroatoms. The molecule has 1 aromatic heterocycles. The fourth-order valence-corrected chi connectivity index (χ4v) is 4.51. The molecule has 0 fully saturated rings. The maximum Gasteiger partial charge on any atom is 0.245 e. The van der Waals surface area contributed by atoms with E-state index >= 15 is 0 Å². The number of aromatic nitrogens is 2. The maximum atomic E-state index is 13.0. The van der Waals surface area contributed by atoms with Crippen LogP contribution in [0.3, 0.4) is 0 Å². The lowest BCUT2D eigenvalue weighted by atomic mass is 10.1. The van der Waals surface area contributed by atoms with Gasteiger partial charge in [0.1, 0.15) is 15.9 Å². The lowest BCUT2D eigenvalue weighted by molar-refractivity contribution is 0.399. The summed E-state index contributed by atoms with van der Waals surface area (Å²) in [6.45, 7) is 3.88. The Morgan fingerprint density at radius 1 is 1.09 bits per heavy atom. The zero-order valence-electron chi connectivity index (χ0n) is 13.1. The minimum atomic E-state index is -3.66. The first-order valence-electron chi connectivity index (χ1n) is 7.17. The van der Waals surface area contributed by atoms with Crippen LogP contribution in [-0.4, -0.2) is 28.5 Å². The highest BCUT2D eigenvalue weighted by atomic mass is 32.2. The Bertz CT molecular complexity index is 933. The number of fused-ring (bicyclic) bond motifs is 1. The van der Waals surface area contributed by atoms with E-state index in [1.807, 2.05) is 38.1 Å². The molecule has 0 amide bonds. The van der Waals surface area contributed by atoms with Gasteiger partial charge >= 0.3 is 0 Å². The van der Waals surface area contributed by atoms with Crippen molar-refractivity contribution in [2.45, 2.75) is 24.8 Å². The minimum absolute atomic E-state index is 0.199. The maximum absolute atomic E-state index is 13.0. The standard InChI is InChI=1S/C16H17N3O2S2/c1-11-7-9-13(10-8-11)12(2)19(3)23(20,21)15-6-4-5-14-16(15)18-22-17-14/h4-10,12H,1-3H3. The van der Waals surface area contributed by atoms with Crippen LogP contribution in [0.5, 0.6) is 0 Å². The van der Waals surface area contributed by atoms with Crippen LogP contribution in [0.15, 0.2) is 47.4 Å². The molecule has 0 aliphatic carbocycles. The molecular formula is C16H17N3O2S2. The molecule has 3 rings (SSSR count). The number of nitrogens with zero attached hydrogens (tertiary/aromatic N) is 3. The van der Waals surface area contributed by atoms with Gasteiger partial charge in [0.05, 0.1) is 11.7 Å². The van der Waals surface area contributed by atoms with Crippen molar-refractivity contribution in [3.8, 4) is 0 Å². The van der Waals surface area contributed by atoms with E-state index in [-0.39, 0.29) is 10.9 Å². The quantitative estimate of drug-likeness (QED) is 0.726. The second-order valence-corrected chi connectivity index (χ2v) is 7.99. The monoisotopic (exact) mass is 347 g/mol. The fourth-order valence-electron chi connectivity index (χ4n) is 2.41. The van der Waals surface area contributed by atoms with Gasteiger partial charge in [-0.2, -0.15) is 13.1 Å². The van der Waals surface area contributed by atoms with E-state index < -0.39 is 10.0 Å². The summed E-state index contributed by atoms with van der Waals surface area (Å²) in [5, 5.41) is 0. The first kappa shape index (κ1) is 16.0. The Morgan fingerprint density at radius 3 is 2.48 bits per heavy atom. The van der Waals surface area contributed by atoms with E-state index in [9.17, 15) is 8.42 Å². The van der Waals surface area contributed by atoms with Crippen LogP contribution in [0.25, 0.3) is 11.0 Å². The summed E-state index contributed by atoms with van der Waals surface area (Å²) < 4.78 is 35.6. The molecule has 23 heavy (non-hydrogen) atoms. The van der Waals surface area contributed by atoms with E-state index in [1.165, 1.54) is 4.31 Å². The summed E-state index contributed by atoms with van der Waals surface area (Å²) in [6.07, 6.45) is 0. The van der Waals surface area contributed by atoms with Gasteiger partial charge in [-0.1, -0.05) is 35.9 Å². The van der Waals surface area contributed by atoms with Crippen molar-refractivity contribution in [1.82, 2.24) is 13.1 Å². The molecule has 0 radical (unpaired) electrons. The molecule has 3 aromatic rings. The predicted molar refractivity (Wildman–Crippen MR) is 92.0 cm³/mol. The molecule has 0 aliphatic heterocycles. The molecule has 120 valence electrons. The van der Waals surface area contributed by atoms with Crippen molar-refractivity contribution in [2.24, 2.45) is 0 Å². The molecule has 0 N–H and O–H groups in total. The van der Waals surface area contributed by atoms with E-state index in [2.05, 4.69) is 8.75 Å². The first-order chi connectivity index (χ1) is 10.9. The summed E-state index contributed by atoms with van der Waals surface area (Å²) >= 11 is 1.02. The largest absolute Gasteiger partial charge is 0.245 e. The van der Waals surface area contributed by atoms with Crippen molar-refractivity contribution in [2.75, 3.05) is 7.05 Å². The van der Waals surface area contributed by atoms with Gasteiger partial charge in [-0.25, -0.2) is 8.42 Å². The topological polar surface area (TPSA) is 63.2 Å². The van der Waals surface area contributed by atoms with E-state index in [1.54, 1.807) is 25.2 Å². The Kier molecular flexibility index (Phi) is 4.18. The zero-order valence-corrected chi connectivity index (χ0v) is 14.7. The lowest BCUT2D eigenvalue weighted by Gasteiger charge is -2.24. The van der Waals surface area contributed by atoms with Crippen molar-refractivity contribution in [3.63, 3.8) is 0 Å². The molecule has 1 unspecified atom stereocenters. The molecule has 0 saturated heterocycles. The van der Waals surface area contributed by atoms with Gasteiger partial charge in [0.25, 0.3) is 0 Å².